The highest BCUT2D eigenvalue weighted by atomic mass is 16.7. The van der Waals surface area contributed by atoms with Gasteiger partial charge in [0.1, 0.15) is 12.8 Å². The van der Waals surface area contributed by atoms with Crippen LogP contribution in [0.5, 0.6) is 0 Å². The van der Waals surface area contributed by atoms with Crippen LogP contribution in [0.3, 0.4) is 0 Å². The van der Waals surface area contributed by atoms with Gasteiger partial charge < -0.3 is 18.9 Å². The van der Waals surface area contributed by atoms with E-state index in [-0.39, 0.29) is 31.9 Å². The van der Waals surface area contributed by atoms with Gasteiger partial charge in [0.05, 0.1) is 19.8 Å². The fourth-order valence-corrected chi connectivity index (χ4v) is 3.20. The molecule has 1 saturated heterocycles. The summed E-state index contributed by atoms with van der Waals surface area (Å²) < 4.78 is 21.2. The average molecular weight is 379 g/mol. The maximum atomic E-state index is 12.3. The van der Waals surface area contributed by atoms with Crippen molar-refractivity contribution in [3.63, 3.8) is 0 Å². The lowest BCUT2D eigenvalue weighted by Gasteiger charge is -2.25. The summed E-state index contributed by atoms with van der Waals surface area (Å²) in [7, 11) is 0. The number of amides is 1. The highest BCUT2D eigenvalue weighted by Crippen LogP contribution is 2.29. The Labute approximate surface area is 160 Å². The first kappa shape index (κ1) is 21.2. The molecule has 0 aliphatic carbocycles. The van der Waals surface area contributed by atoms with Gasteiger partial charge in [0.2, 0.25) is 0 Å². The first-order valence-corrected chi connectivity index (χ1v) is 9.46. The minimum atomic E-state index is -0.613. The molecule has 0 radical (unpaired) electrons. The number of likely N-dealkylation sites (tertiary alicyclic amines) is 1. The molecule has 7 heteroatoms. The summed E-state index contributed by atoms with van der Waals surface area (Å²) in [6.45, 7) is 5.67. The second-order valence-corrected chi connectivity index (χ2v) is 6.29. The summed E-state index contributed by atoms with van der Waals surface area (Å²) in [5.74, 6) is -0.393. The summed E-state index contributed by atoms with van der Waals surface area (Å²) in [6.07, 6.45) is 0.898. The largest absolute Gasteiger partial charge is 0.464 e. The molecular weight excluding hydrogens is 350 g/mol. The van der Waals surface area contributed by atoms with E-state index < -0.39 is 12.1 Å². The van der Waals surface area contributed by atoms with Crippen molar-refractivity contribution in [3.8, 4) is 0 Å². The maximum Gasteiger partial charge on any atom is 0.410 e. The van der Waals surface area contributed by atoms with Gasteiger partial charge >= 0.3 is 12.1 Å². The Hall–Kier alpha value is -2.12. The van der Waals surface area contributed by atoms with Crippen molar-refractivity contribution in [2.75, 3.05) is 33.2 Å². The van der Waals surface area contributed by atoms with Crippen LogP contribution in [0.1, 0.15) is 32.3 Å². The molecule has 150 valence electrons. The van der Waals surface area contributed by atoms with E-state index in [1.165, 1.54) is 4.90 Å². The molecule has 0 aromatic heterocycles. The number of carbonyl (C=O) groups is 2. The molecule has 27 heavy (non-hydrogen) atoms. The summed E-state index contributed by atoms with van der Waals surface area (Å²) in [4.78, 5) is 25.9. The fraction of sp³-hybridized carbons (Fsp3) is 0.600. The van der Waals surface area contributed by atoms with Gasteiger partial charge in [-0.05, 0) is 38.2 Å². The zero-order valence-electron chi connectivity index (χ0n) is 16.1. The van der Waals surface area contributed by atoms with Crippen LogP contribution in [0.4, 0.5) is 4.79 Å². The van der Waals surface area contributed by atoms with E-state index >= 15 is 0 Å². The summed E-state index contributed by atoms with van der Waals surface area (Å²) in [5, 5.41) is 0. The van der Waals surface area contributed by atoms with Crippen molar-refractivity contribution >= 4 is 12.1 Å². The zero-order valence-corrected chi connectivity index (χ0v) is 16.1. The Kier molecular flexibility index (Phi) is 9.07. The second-order valence-electron chi connectivity index (χ2n) is 6.29. The molecule has 0 N–H and O–H groups in total. The number of rotatable bonds is 10. The summed E-state index contributed by atoms with van der Waals surface area (Å²) >= 11 is 0. The van der Waals surface area contributed by atoms with E-state index in [1.807, 2.05) is 30.3 Å². The first-order chi connectivity index (χ1) is 13.2. The molecule has 2 rings (SSSR count). The van der Waals surface area contributed by atoms with Crippen molar-refractivity contribution in [2.45, 2.75) is 39.3 Å². The Balaban J connectivity index is 1.76. The molecule has 1 aromatic carbocycles. The SMILES string of the molecule is CCOC(=O)[C@H]1[C@H](CCOCOCc2ccccc2)CCN1C(=O)OCC. The average Bonchev–Trinajstić information content (AvgIpc) is 3.10. The number of nitrogens with zero attached hydrogens (tertiary/aromatic N) is 1. The Morgan fingerprint density at radius 2 is 1.81 bits per heavy atom. The second kappa shape index (κ2) is 11.6. The Bertz CT molecular complexity index is 579. The normalized spacial score (nSPS) is 19.1. The third-order valence-electron chi connectivity index (χ3n) is 4.46. The van der Waals surface area contributed by atoms with Crippen LogP contribution in [0.15, 0.2) is 30.3 Å². The monoisotopic (exact) mass is 379 g/mol. The van der Waals surface area contributed by atoms with Gasteiger partial charge in [0.15, 0.2) is 0 Å². The molecule has 1 heterocycles. The van der Waals surface area contributed by atoms with Gasteiger partial charge in [-0.3, -0.25) is 4.90 Å². The Morgan fingerprint density at radius 3 is 2.52 bits per heavy atom. The number of benzene rings is 1. The van der Waals surface area contributed by atoms with E-state index in [0.29, 0.717) is 26.2 Å². The molecule has 1 amide bonds. The lowest BCUT2D eigenvalue weighted by Crippen LogP contribution is -2.44. The van der Waals surface area contributed by atoms with Crippen molar-refractivity contribution in [3.05, 3.63) is 35.9 Å². The molecule has 0 unspecified atom stereocenters. The number of hydrogen-bond donors (Lipinski definition) is 0. The lowest BCUT2D eigenvalue weighted by molar-refractivity contribution is -0.149. The summed E-state index contributed by atoms with van der Waals surface area (Å²) in [6, 6.07) is 9.26. The van der Waals surface area contributed by atoms with Crippen molar-refractivity contribution in [2.24, 2.45) is 5.92 Å². The van der Waals surface area contributed by atoms with Crippen LogP contribution in [0.25, 0.3) is 0 Å². The molecule has 1 aromatic rings. The number of hydrogen-bond acceptors (Lipinski definition) is 6. The molecule has 1 fully saturated rings. The molecule has 1 aliphatic rings. The maximum absolute atomic E-state index is 12.3. The van der Waals surface area contributed by atoms with Gasteiger partial charge in [0, 0.05) is 13.2 Å². The number of esters is 1. The predicted molar refractivity (Wildman–Crippen MR) is 98.9 cm³/mol. The van der Waals surface area contributed by atoms with Crippen LogP contribution in [-0.2, 0) is 30.3 Å². The highest BCUT2D eigenvalue weighted by Gasteiger charge is 2.43. The van der Waals surface area contributed by atoms with Crippen LogP contribution in [-0.4, -0.2) is 56.2 Å². The molecule has 0 bridgehead atoms. The van der Waals surface area contributed by atoms with E-state index in [4.69, 9.17) is 18.9 Å². The van der Waals surface area contributed by atoms with Crippen LogP contribution in [0.2, 0.25) is 0 Å². The topological polar surface area (TPSA) is 74.3 Å². The van der Waals surface area contributed by atoms with E-state index in [9.17, 15) is 9.59 Å². The van der Waals surface area contributed by atoms with Gasteiger partial charge in [-0.25, -0.2) is 9.59 Å². The van der Waals surface area contributed by atoms with Crippen LogP contribution in [0, 0.1) is 5.92 Å². The van der Waals surface area contributed by atoms with E-state index in [2.05, 4.69) is 0 Å². The molecular formula is C20H29NO6. The third-order valence-corrected chi connectivity index (χ3v) is 4.46. The smallest absolute Gasteiger partial charge is 0.410 e. The highest BCUT2D eigenvalue weighted by molar-refractivity contribution is 5.82. The quantitative estimate of drug-likeness (QED) is 0.353. The third kappa shape index (κ3) is 6.52. The van der Waals surface area contributed by atoms with Gasteiger partial charge in [-0.1, -0.05) is 30.3 Å². The standard InChI is InChI=1S/C20H29NO6/c1-3-26-19(22)18-17(10-12-21(18)20(23)27-4-2)11-13-24-15-25-14-16-8-6-5-7-9-16/h5-9,17-18H,3-4,10-15H2,1-2H3/t17-,18+/m0/s1. The fourth-order valence-electron chi connectivity index (χ4n) is 3.20. The van der Waals surface area contributed by atoms with Crippen molar-refractivity contribution < 1.29 is 28.5 Å². The zero-order chi connectivity index (χ0) is 19.5. The molecule has 0 spiro atoms. The predicted octanol–water partition coefficient (Wildman–Crippen LogP) is 2.98. The van der Waals surface area contributed by atoms with Crippen LogP contribution < -0.4 is 0 Å². The lowest BCUT2D eigenvalue weighted by atomic mass is 9.97. The molecule has 2 atom stereocenters. The molecule has 1 aliphatic heterocycles. The van der Waals surface area contributed by atoms with E-state index in [0.717, 1.165) is 12.0 Å². The summed E-state index contributed by atoms with van der Waals surface area (Å²) in [5.41, 5.74) is 1.09. The van der Waals surface area contributed by atoms with Gasteiger partial charge in [-0.2, -0.15) is 0 Å². The van der Waals surface area contributed by atoms with Gasteiger partial charge in [-0.15, -0.1) is 0 Å². The number of ether oxygens (including phenoxy) is 4. The van der Waals surface area contributed by atoms with Crippen LogP contribution >= 0.6 is 0 Å². The molecule has 0 saturated carbocycles. The molecule has 7 nitrogen and oxygen atoms in total. The Morgan fingerprint density at radius 1 is 1.07 bits per heavy atom. The first-order valence-electron chi connectivity index (χ1n) is 9.46. The van der Waals surface area contributed by atoms with E-state index in [1.54, 1.807) is 13.8 Å². The van der Waals surface area contributed by atoms with Gasteiger partial charge in [0.25, 0.3) is 0 Å². The van der Waals surface area contributed by atoms with Crippen molar-refractivity contribution in [1.29, 1.82) is 0 Å². The minimum Gasteiger partial charge on any atom is -0.464 e. The minimum absolute atomic E-state index is 0.0115. The van der Waals surface area contributed by atoms with Crippen molar-refractivity contribution in [1.82, 2.24) is 4.90 Å². The number of carbonyl (C=O) groups excluding carboxylic acids is 2.